The molecule has 2 amide bonds. The number of hydrogen-bond donors (Lipinski definition) is 2. The molecule has 0 atom stereocenters. The van der Waals surface area contributed by atoms with Gasteiger partial charge in [0, 0.05) is 29.2 Å². The van der Waals surface area contributed by atoms with Crippen LogP contribution in [0.2, 0.25) is 0 Å². The Morgan fingerprint density at radius 3 is 2.52 bits per heavy atom. The topological polar surface area (TPSA) is 71.3 Å². The summed E-state index contributed by atoms with van der Waals surface area (Å²) in [6.07, 6.45) is 0.501. The Hall–Kier alpha value is -3.95. The summed E-state index contributed by atoms with van der Waals surface area (Å²) in [5.41, 5.74) is 3.74. The number of alkyl halides is 3. The van der Waals surface area contributed by atoms with Crippen LogP contribution in [0.1, 0.15) is 0 Å². The van der Waals surface area contributed by atoms with Gasteiger partial charge in [0.1, 0.15) is 12.4 Å². The Morgan fingerprint density at radius 2 is 1.77 bits per heavy atom. The molecular formula is C21H15F4N5O. The molecule has 4 aromatic rings. The van der Waals surface area contributed by atoms with Crippen molar-refractivity contribution in [3.63, 3.8) is 0 Å². The van der Waals surface area contributed by atoms with Crippen LogP contribution in [-0.2, 0) is 0 Å². The summed E-state index contributed by atoms with van der Waals surface area (Å²) in [4.78, 5) is 16.1. The number of hydrogen-bond acceptors (Lipinski definition) is 3. The van der Waals surface area contributed by atoms with Gasteiger partial charge >= 0.3 is 12.2 Å². The Labute approximate surface area is 173 Å². The molecule has 2 N–H and O–H groups in total. The van der Waals surface area contributed by atoms with Crippen LogP contribution in [0.5, 0.6) is 0 Å². The quantitative estimate of drug-likeness (QED) is 0.454. The summed E-state index contributed by atoms with van der Waals surface area (Å²) in [5, 5.41) is 8.43. The molecule has 6 nitrogen and oxygen atoms in total. The molecule has 0 aliphatic rings. The average Bonchev–Trinajstić information content (AvgIpc) is 3.16. The summed E-state index contributed by atoms with van der Waals surface area (Å²) < 4.78 is 51.4. The molecule has 2 aromatic carbocycles. The summed E-state index contributed by atoms with van der Waals surface area (Å²) >= 11 is 0. The maximum Gasteiger partial charge on any atom is 0.405 e. The van der Waals surface area contributed by atoms with Crippen molar-refractivity contribution >= 4 is 17.4 Å². The van der Waals surface area contributed by atoms with E-state index in [4.69, 9.17) is 0 Å². The number of benzene rings is 2. The van der Waals surface area contributed by atoms with E-state index in [0.29, 0.717) is 22.5 Å². The molecule has 10 heteroatoms. The predicted molar refractivity (Wildman–Crippen MR) is 107 cm³/mol. The van der Waals surface area contributed by atoms with Crippen LogP contribution < -0.4 is 10.6 Å². The van der Waals surface area contributed by atoms with Gasteiger partial charge < -0.3 is 10.6 Å². The molecular weight excluding hydrogens is 414 g/mol. The lowest BCUT2D eigenvalue weighted by Crippen LogP contribution is -2.36. The molecule has 31 heavy (non-hydrogen) atoms. The minimum atomic E-state index is -4.49. The van der Waals surface area contributed by atoms with Crippen LogP contribution in [0, 0.1) is 5.82 Å². The van der Waals surface area contributed by atoms with E-state index in [2.05, 4.69) is 15.4 Å². The molecule has 4 rings (SSSR count). The van der Waals surface area contributed by atoms with Crippen molar-refractivity contribution in [3.05, 3.63) is 72.9 Å². The number of nitrogens with one attached hydrogen (secondary N) is 2. The first kappa shape index (κ1) is 20.3. The summed E-state index contributed by atoms with van der Waals surface area (Å²) in [5.74, 6) is -0.334. The molecule has 0 saturated heterocycles. The van der Waals surface area contributed by atoms with E-state index in [0.717, 1.165) is 11.1 Å². The highest BCUT2D eigenvalue weighted by atomic mass is 19.4. The highest BCUT2D eigenvalue weighted by molar-refractivity contribution is 5.90. The van der Waals surface area contributed by atoms with Gasteiger partial charge in [-0.2, -0.15) is 18.3 Å². The van der Waals surface area contributed by atoms with Gasteiger partial charge in [-0.25, -0.2) is 18.7 Å². The third-order valence-corrected chi connectivity index (χ3v) is 4.41. The van der Waals surface area contributed by atoms with E-state index >= 15 is 0 Å². The van der Waals surface area contributed by atoms with Crippen molar-refractivity contribution in [1.82, 2.24) is 19.9 Å². The first-order valence-electron chi connectivity index (χ1n) is 9.10. The SMILES string of the molecule is O=C(NCC(F)(F)F)Nc1cccc(-c2cnn3cc(-c4ccc(F)cc4)cnc23)c1. The van der Waals surface area contributed by atoms with E-state index in [1.165, 1.54) is 12.1 Å². The summed E-state index contributed by atoms with van der Waals surface area (Å²) in [6.45, 7) is -1.42. The lowest BCUT2D eigenvalue weighted by Gasteiger charge is -2.10. The smallest absolute Gasteiger partial charge is 0.329 e. The molecule has 2 heterocycles. The van der Waals surface area contributed by atoms with E-state index in [1.54, 1.807) is 64.8 Å². The number of anilines is 1. The van der Waals surface area contributed by atoms with Crippen molar-refractivity contribution in [2.75, 3.05) is 11.9 Å². The number of urea groups is 1. The number of carbonyl (C=O) groups excluding carboxylic acids is 1. The van der Waals surface area contributed by atoms with Gasteiger partial charge in [-0.15, -0.1) is 0 Å². The molecule has 2 aromatic heterocycles. The number of carbonyl (C=O) groups is 1. The van der Waals surface area contributed by atoms with Crippen molar-refractivity contribution in [1.29, 1.82) is 0 Å². The highest BCUT2D eigenvalue weighted by Crippen LogP contribution is 2.27. The zero-order chi connectivity index (χ0) is 22.0. The third-order valence-electron chi connectivity index (χ3n) is 4.41. The second-order valence-electron chi connectivity index (χ2n) is 6.68. The Balaban J connectivity index is 1.57. The molecule has 0 spiro atoms. The molecule has 0 aliphatic heterocycles. The monoisotopic (exact) mass is 429 g/mol. The third kappa shape index (κ3) is 4.80. The van der Waals surface area contributed by atoms with Gasteiger partial charge in [-0.1, -0.05) is 24.3 Å². The van der Waals surface area contributed by atoms with Crippen LogP contribution >= 0.6 is 0 Å². The summed E-state index contributed by atoms with van der Waals surface area (Å²) in [7, 11) is 0. The molecule has 0 bridgehead atoms. The lowest BCUT2D eigenvalue weighted by molar-refractivity contribution is -0.122. The zero-order valence-electron chi connectivity index (χ0n) is 15.8. The van der Waals surface area contributed by atoms with E-state index in [1.807, 2.05) is 0 Å². The highest BCUT2D eigenvalue weighted by Gasteiger charge is 2.27. The normalized spacial score (nSPS) is 11.5. The van der Waals surface area contributed by atoms with E-state index in [9.17, 15) is 22.4 Å². The van der Waals surface area contributed by atoms with Gasteiger partial charge in [0.25, 0.3) is 0 Å². The summed E-state index contributed by atoms with van der Waals surface area (Å²) in [6, 6.07) is 11.6. The maximum absolute atomic E-state index is 13.1. The number of aromatic nitrogens is 3. The van der Waals surface area contributed by atoms with Crippen molar-refractivity contribution in [2.45, 2.75) is 6.18 Å². The van der Waals surface area contributed by atoms with E-state index in [-0.39, 0.29) is 5.82 Å². The van der Waals surface area contributed by atoms with Crippen LogP contribution in [0.25, 0.3) is 27.9 Å². The van der Waals surface area contributed by atoms with Gasteiger partial charge in [-0.3, -0.25) is 0 Å². The van der Waals surface area contributed by atoms with Crippen molar-refractivity contribution < 1.29 is 22.4 Å². The fourth-order valence-corrected chi connectivity index (χ4v) is 2.99. The average molecular weight is 429 g/mol. The standard InChI is InChI=1S/C21H15F4N5O/c22-16-6-4-13(5-7-16)15-9-26-19-18(10-28-30(19)11-15)14-2-1-3-17(8-14)29-20(31)27-12-21(23,24)25/h1-11H,12H2,(H2,27,29,31). The van der Waals surface area contributed by atoms with Crippen LogP contribution in [0.4, 0.5) is 28.0 Å². The van der Waals surface area contributed by atoms with Gasteiger partial charge in [0.05, 0.1) is 6.20 Å². The largest absolute Gasteiger partial charge is 0.405 e. The number of rotatable bonds is 4. The van der Waals surface area contributed by atoms with E-state index < -0.39 is 18.8 Å². The molecule has 0 saturated carbocycles. The number of amides is 2. The second kappa shape index (κ2) is 8.05. The van der Waals surface area contributed by atoms with Crippen molar-refractivity contribution in [2.24, 2.45) is 0 Å². The van der Waals surface area contributed by atoms with Crippen LogP contribution in [0.15, 0.2) is 67.1 Å². The molecule has 0 radical (unpaired) electrons. The number of fused-ring (bicyclic) bond motifs is 1. The first-order chi connectivity index (χ1) is 14.8. The zero-order valence-corrected chi connectivity index (χ0v) is 15.8. The molecule has 0 unspecified atom stereocenters. The molecule has 158 valence electrons. The lowest BCUT2D eigenvalue weighted by atomic mass is 10.1. The van der Waals surface area contributed by atoms with Gasteiger partial charge in [0.2, 0.25) is 0 Å². The van der Waals surface area contributed by atoms with Crippen LogP contribution in [0.3, 0.4) is 0 Å². The Bertz CT molecular complexity index is 1230. The molecule has 0 aliphatic carbocycles. The van der Waals surface area contributed by atoms with Gasteiger partial charge in [0.15, 0.2) is 5.65 Å². The minimum absolute atomic E-state index is 0.319. The second-order valence-corrected chi connectivity index (χ2v) is 6.68. The maximum atomic E-state index is 13.1. The predicted octanol–water partition coefficient (Wildman–Crippen LogP) is 4.89. The first-order valence-corrected chi connectivity index (χ1v) is 9.10. The fraction of sp³-hybridized carbons (Fsp3) is 0.0952. The fourth-order valence-electron chi connectivity index (χ4n) is 2.99. The Kier molecular flexibility index (Phi) is 5.28. The minimum Gasteiger partial charge on any atom is -0.329 e. The Morgan fingerprint density at radius 1 is 1.00 bits per heavy atom. The van der Waals surface area contributed by atoms with Gasteiger partial charge in [-0.05, 0) is 35.4 Å². The molecule has 0 fully saturated rings. The van der Waals surface area contributed by atoms with Crippen molar-refractivity contribution in [3.8, 4) is 22.3 Å². The number of halogens is 4. The van der Waals surface area contributed by atoms with Crippen LogP contribution in [-0.4, -0.2) is 33.4 Å². The number of nitrogens with zero attached hydrogens (tertiary/aromatic N) is 3.